The number of para-hydroxylation sites is 1. The van der Waals surface area contributed by atoms with Crippen LogP contribution in [0.4, 0.5) is 11.4 Å². The summed E-state index contributed by atoms with van der Waals surface area (Å²) < 4.78 is 5.97. The Morgan fingerprint density at radius 2 is 1.55 bits per heavy atom. The first kappa shape index (κ1) is 23.4. The normalized spacial score (nSPS) is 19.2. The molecular weight excluding hydrogens is 450 g/mol. The van der Waals surface area contributed by atoms with Crippen molar-refractivity contribution < 1.29 is 4.74 Å². The molecule has 1 atom stereocenters. The number of thioether (sulfide) groups is 1. The Kier molecular flexibility index (Phi) is 6.82. The van der Waals surface area contributed by atoms with Crippen LogP contribution in [0.1, 0.15) is 31.4 Å². The van der Waals surface area contributed by atoms with Crippen molar-refractivity contribution >= 4 is 45.7 Å². The molecule has 4 rings (SSSR count). The molecule has 3 aromatic rings. The molecule has 0 fully saturated rings. The quantitative estimate of drug-likeness (QED) is 0.371. The molecular formula is C27H28ClN3OS. The molecule has 33 heavy (non-hydrogen) atoms. The van der Waals surface area contributed by atoms with Gasteiger partial charge in [-0.3, -0.25) is 0 Å². The van der Waals surface area contributed by atoms with Gasteiger partial charge in [-0.25, -0.2) is 9.98 Å². The van der Waals surface area contributed by atoms with Crippen LogP contribution in [0.3, 0.4) is 0 Å². The molecule has 1 heterocycles. The van der Waals surface area contributed by atoms with E-state index in [4.69, 9.17) is 26.3 Å². The predicted octanol–water partition coefficient (Wildman–Crippen LogP) is 8.19. The standard InChI is InChI=1S/C27H28ClN3OS/c1-6-27(4)25(29-24-18(2)8-7-9-19(24)3)30-26(33-5)31(27)21-12-16-23(17-13-21)32-22-14-10-20(28)11-15-22/h7-17H,6H2,1-5H3. The zero-order chi connectivity index (χ0) is 23.6. The maximum absolute atomic E-state index is 5.97. The molecule has 0 aromatic heterocycles. The van der Waals surface area contributed by atoms with Crippen molar-refractivity contribution in [2.75, 3.05) is 11.2 Å². The molecule has 1 aliphatic heterocycles. The molecule has 0 N–H and O–H groups in total. The van der Waals surface area contributed by atoms with Crippen molar-refractivity contribution in [1.29, 1.82) is 0 Å². The van der Waals surface area contributed by atoms with Crippen molar-refractivity contribution in [3.63, 3.8) is 0 Å². The number of benzene rings is 3. The lowest BCUT2D eigenvalue weighted by molar-refractivity contribution is 0.482. The highest BCUT2D eigenvalue weighted by Crippen LogP contribution is 2.39. The number of hydrogen-bond donors (Lipinski definition) is 0. The number of anilines is 1. The molecule has 0 saturated heterocycles. The van der Waals surface area contributed by atoms with Crippen molar-refractivity contribution in [2.45, 2.75) is 39.7 Å². The van der Waals surface area contributed by atoms with E-state index >= 15 is 0 Å². The van der Waals surface area contributed by atoms with Crippen LogP contribution < -0.4 is 9.64 Å². The zero-order valence-electron chi connectivity index (χ0n) is 19.6. The summed E-state index contributed by atoms with van der Waals surface area (Å²) in [7, 11) is 0. The van der Waals surface area contributed by atoms with E-state index in [9.17, 15) is 0 Å². The highest BCUT2D eigenvalue weighted by atomic mass is 35.5. The van der Waals surface area contributed by atoms with Crippen molar-refractivity contribution in [2.24, 2.45) is 9.98 Å². The summed E-state index contributed by atoms with van der Waals surface area (Å²) >= 11 is 7.61. The number of amidine groups is 2. The van der Waals surface area contributed by atoms with E-state index in [0.29, 0.717) is 5.02 Å². The number of aryl methyl sites for hydroxylation is 2. The lowest BCUT2D eigenvalue weighted by atomic mass is 9.95. The van der Waals surface area contributed by atoms with Crippen molar-refractivity contribution in [1.82, 2.24) is 0 Å². The second-order valence-electron chi connectivity index (χ2n) is 8.29. The Labute approximate surface area is 205 Å². The third-order valence-electron chi connectivity index (χ3n) is 6.04. The SMILES string of the molecule is CCC1(C)C(=Nc2c(C)cccc2C)N=C(SC)N1c1ccc(Oc2ccc(Cl)cc2)cc1. The van der Waals surface area contributed by atoms with Gasteiger partial charge in [-0.2, -0.15) is 0 Å². The molecule has 0 amide bonds. The van der Waals surface area contributed by atoms with Gasteiger partial charge >= 0.3 is 0 Å². The fourth-order valence-electron chi connectivity index (χ4n) is 3.96. The lowest BCUT2D eigenvalue weighted by Gasteiger charge is -2.36. The van der Waals surface area contributed by atoms with Gasteiger partial charge in [0.1, 0.15) is 17.0 Å². The first-order valence-electron chi connectivity index (χ1n) is 11.0. The fraction of sp³-hybridized carbons (Fsp3) is 0.259. The number of hydrogen-bond acceptors (Lipinski definition) is 4. The van der Waals surface area contributed by atoms with E-state index in [1.165, 1.54) is 0 Å². The second kappa shape index (κ2) is 9.62. The van der Waals surface area contributed by atoms with Crippen LogP contribution in [-0.4, -0.2) is 22.8 Å². The Bertz CT molecular complexity index is 1180. The first-order valence-corrected chi connectivity index (χ1v) is 12.6. The number of aliphatic imine (C=N–C) groups is 2. The Hall–Kier alpha value is -2.76. The van der Waals surface area contributed by atoms with Crippen LogP contribution in [0, 0.1) is 13.8 Å². The molecule has 1 unspecified atom stereocenters. The van der Waals surface area contributed by atoms with Gasteiger partial charge in [0.2, 0.25) is 0 Å². The average molecular weight is 478 g/mol. The smallest absolute Gasteiger partial charge is 0.170 e. The molecule has 0 bridgehead atoms. The maximum atomic E-state index is 5.97. The monoisotopic (exact) mass is 477 g/mol. The Morgan fingerprint density at radius 3 is 2.09 bits per heavy atom. The van der Waals surface area contributed by atoms with Crippen molar-refractivity contribution in [3.05, 3.63) is 82.9 Å². The summed E-state index contributed by atoms with van der Waals surface area (Å²) in [5.41, 5.74) is 4.02. The lowest BCUT2D eigenvalue weighted by Crippen LogP contribution is -2.48. The molecule has 0 spiro atoms. The van der Waals surface area contributed by atoms with E-state index in [1.54, 1.807) is 11.8 Å². The first-order chi connectivity index (χ1) is 15.9. The zero-order valence-corrected chi connectivity index (χ0v) is 21.2. The minimum atomic E-state index is -0.356. The highest BCUT2D eigenvalue weighted by Gasteiger charge is 2.44. The van der Waals surface area contributed by atoms with Crippen LogP contribution in [0.2, 0.25) is 5.02 Å². The fourth-order valence-corrected chi connectivity index (χ4v) is 4.75. The van der Waals surface area contributed by atoms with Gasteiger partial charge in [-0.05, 0) is 93.1 Å². The number of nitrogens with zero attached hydrogens (tertiary/aromatic N) is 3. The summed E-state index contributed by atoms with van der Waals surface area (Å²) in [6.07, 6.45) is 2.93. The van der Waals surface area contributed by atoms with E-state index < -0.39 is 0 Å². The van der Waals surface area contributed by atoms with Crippen LogP contribution in [0.25, 0.3) is 0 Å². The topological polar surface area (TPSA) is 37.2 Å². The average Bonchev–Trinajstić information content (AvgIpc) is 3.10. The van der Waals surface area contributed by atoms with Crippen LogP contribution >= 0.6 is 23.4 Å². The van der Waals surface area contributed by atoms with E-state index in [-0.39, 0.29) is 5.54 Å². The Morgan fingerprint density at radius 1 is 0.970 bits per heavy atom. The summed E-state index contributed by atoms with van der Waals surface area (Å²) in [5.74, 6) is 2.36. The number of rotatable bonds is 5. The summed E-state index contributed by atoms with van der Waals surface area (Å²) in [5, 5.41) is 1.63. The molecule has 4 nitrogen and oxygen atoms in total. The molecule has 170 valence electrons. The molecule has 1 aliphatic rings. The summed E-state index contributed by atoms with van der Waals surface area (Å²) in [6.45, 7) is 8.59. The van der Waals surface area contributed by atoms with Crippen LogP contribution in [-0.2, 0) is 0 Å². The molecule has 0 radical (unpaired) electrons. The van der Waals surface area contributed by atoms with Crippen molar-refractivity contribution in [3.8, 4) is 11.5 Å². The van der Waals surface area contributed by atoms with Gasteiger partial charge in [0.15, 0.2) is 11.0 Å². The maximum Gasteiger partial charge on any atom is 0.170 e. The van der Waals surface area contributed by atoms with Gasteiger partial charge < -0.3 is 9.64 Å². The second-order valence-corrected chi connectivity index (χ2v) is 9.50. The third-order valence-corrected chi connectivity index (χ3v) is 6.93. The predicted molar refractivity (Wildman–Crippen MR) is 143 cm³/mol. The molecule has 0 saturated carbocycles. The minimum absolute atomic E-state index is 0.356. The highest BCUT2D eigenvalue weighted by molar-refractivity contribution is 8.13. The molecule has 3 aromatic carbocycles. The van der Waals surface area contributed by atoms with Gasteiger partial charge in [-0.15, -0.1) is 0 Å². The van der Waals surface area contributed by atoms with Gasteiger partial charge in [0.25, 0.3) is 0 Å². The van der Waals surface area contributed by atoms with Gasteiger partial charge in [-0.1, -0.05) is 48.5 Å². The van der Waals surface area contributed by atoms with E-state index in [0.717, 1.165) is 51.4 Å². The summed E-state index contributed by atoms with van der Waals surface area (Å²) in [6, 6.07) is 21.7. The van der Waals surface area contributed by atoms with E-state index in [2.05, 4.69) is 69.2 Å². The van der Waals surface area contributed by atoms with Crippen LogP contribution in [0.5, 0.6) is 11.5 Å². The van der Waals surface area contributed by atoms with Crippen LogP contribution in [0.15, 0.2) is 76.7 Å². The Balaban J connectivity index is 1.67. The molecule has 0 aliphatic carbocycles. The number of ether oxygens (including phenoxy) is 1. The van der Waals surface area contributed by atoms with Gasteiger partial charge in [0.05, 0.1) is 5.69 Å². The van der Waals surface area contributed by atoms with E-state index in [1.807, 2.05) is 36.4 Å². The summed E-state index contributed by atoms with van der Waals surface area (Å²) in [4.78, 5) is 12.3. The minimum Gasteiger partial charge on any atom is -0.457 e. The molecule has 6 heteroatoms. The largest absolute Gasteiger partial charge is 0.457 e. The third kappa shape index (κ3) is 4.66. The van der Waals surface area contributed by atoms with Gasteiger partial charge in [0, 0.05) is 10.7 Å². The number of halogens is 1.